The molecule has 182 valence electrons. The summed E-state index contributed by atoms with van der Waals surface area (Å²) >= 11 is 0. The van der Waals surface area contributed by atoms with Crippen LogP contribution in [0, 0.1) is 27.7 Å². The van der Waals surface area contributed by atoms with Gasteiger partial charge >= 0.3 is 0 Å². The highest BCUT2D eigenvalue weighted by atomic mass is 16.5. The molecule has 1 aliphatic heterocycles. The molecule has 2 aromatic carbocycles. The number of aromatic nitrogens is 1. The standard InChI is InChI=1S/C28H32N4O3/c1-16-5-7-21(17(2)9-16)13-30-26(33)11-20-6-8-24-22(10-20)12-25(34-24)28(32-14-23(29)15-32)27-18(3)31-35-19(27)4/h5-10,12,23,28H,11,13-15,29H2,1-4H3,(H,30,33). The molecule has 0 bridgehead atoms. The summed E-state index contributed by atoms with van der Waals surface area (Å²) in [4.78, 5) is 14.9. The molecule has 3 N–H and O–H groups in total. The maximum Gasteiger partial charge on any atom is 0.224 e. The molecule has 7 nitrogen and oxygen atoms in total. The predicted molar refractivity (Wildman–Crippen MR) is 135 cm³/mol. The number of furan rings is 1. The van der Waals surface area contributed by atoms with E-state index < -0.39 is 0 Å². The number of hydrogen-bond acceptors (Lipinski definition) is 6. The second-order valence-corrected chi connectivity index (χ2v) is 9.76. The average molecular weight is 473 g/mol. The summed E-state index contributed by atoms with van der Waals surface area (Å²) in [5, 5.41) is 8.17. The van der Waals surface area contributed by atoms with Crippen LogP contribution in [0.1, 0.15) is 51.1 Å². The van der Waals surface area contributed by atoms with E-state index in [4.69, 9.17) is 14.7 Å². The first kappa shape index (κ1) is 23.3. The predicted octanol–water partition coefficient (Wildman–Crippen LogP) is 4.25. The van der Waals surface area contributed by atoms with Crippen molar-refractivity contribution in [1.29, 1.82) is 0 Å². The van der Waals surface area contributed by atoms with Gasteiger partial charge in [0.15, 0.2) is 0 Å². The van der Waals surface area contributed by atoms with Gasteiger partial charge in [0.25, 0.3) is 0 Å². The van der Waals surface area contributed by atoms with Gasteiger partial charge in [-0.2, -0.15) is 0 Å². The summed E-state index contributed by atoms with van der Waals surface area (Å²) in [5.74, 6) is 1.61. The van der Waals surface area contributed by atoms with Crippen molar-refractivity contribution in [3.05, 3.63) is 87.5 Å². The Kier molecular flexibility index (Phi) is 6.21. The molecule has 1 amide bonds. The van der Waals surface area contributed by atoms with Gasteiger partial charge in [-0.1, -0.05) is 35.0 Å². The van der Waals surface area contributed by atoms with Crippen molar-refractivity contribution in [3.8, 4) is 0 Å². The fourth-order valence-corrected chi connectivity index (χ4v) is 4.99. The number of aryl methyl sites for hydroxylation is 4. The van der Waals surface area contributed by atoms with Gasteiger partial charge in [-0.25, -0.2) is 0 Å². The van der Waals surface area contributed by atoms with Gasteiger partial charge in [0.2, 0.25) is 5.91 Å². The second kappa shape index (κ2) is 9.32. The molecule has 1 saturated heterocycles. The third-order valence-corrected chi connectivity index (χ3v) is 6.87. The summed E-state index contributed by atoms with van der Waals surface area (Å²) in [5.41, 5.74) is 13.3. The van der Waals surface area contributed by atoms with Gasteiger partial charge in [-0.3, -0.25) is 9.69 Å². The van der Waals surface area contributed by atoms with Crippen LogP contribution >= 0.6 is 0 Å². The molecule has 1 atom stereocenters. The number of fused-ring (bicyclic) bond motifs is 1. The Bertz CT molecular complexity index is 1360. The van der Waals surface area contributed by atoms with Gasteiger partial charge in [0, 0.05) is 36.6 Å². The van der Waals surface area contributed by atoms with Crippen molar-refractivity contribution >= 4 is 16.9 Å². The molecule has 0 radical (unpaired) electrons. The zero-order chi connectivity index (χ0) is 24.7. The molecule has 1 fully saturated rings. The molecule has 4 aromatic rings. The summed E-state index contributed by atoms with van der Waals surface area (Å²) in [6.07, 6.45) is 0.315. The molecule has 0 spiro atoms. The number of nitrogens with two attached hydrogens (primary N) is 1. The lowest BCUT2D eigenvalue weighted by Gasteiger charge is -2.41. The first-order chi connectivity index (χ1) is 16.8. The van der Waals surface area contributed by atoms with Crippen LogP contribution in [0.2, 0.25) is 0 Å². The Balaban J connectivity index is 1.34. The molecule has 0 saturated carbocycles. The Morgan fingerprint density at radius 2 is 1.94 bits per heavy atom. The minimum atomic E-state index is -0.0991. The maximum absolute atomic E-state index is 12.6. The molecule has 0 aliphatic carbocycles. The van der Waals surface area contributed by atoms with Crippen molar-refractivity contribution in [3.63, 3.8) is 0 Å². The van der Waals surface area contributed by atoms with Gasteiger partial charge < -0.3 is 20.0 Å². The lowest BCUT2D eigenvalue weighted by molar-refractivity contribution is -0.120. The third-order valence-electron chi connectivity index (χ3n) is 6.87. The van der Waals surface area contributed by atoms with Crippen molar-refractivity contribution in [2.24, 2.45) is 5.73 Å². The number of carbonyl (C=O) groups is 1. The van der Waals surface area contributed by atoms with E-state index in [1.165, 1.54) is 11.1 Å². The summed E-state index contributed by atoms with van der Waals surface area (Å²) in [7, 11) is 0. The monoisotopic (exact) mass is 472 g/mol. The highest BCUT2D eigenvalue weighted by Gasteiger charge is 2.37. The molecular weight excluding hydrogens is 440 g/mol. The quantitative estimate of drug-likeness (QED) is 0.417. The largest absolute Gasteiger partial charge is 0.459 e. The van der Waals surface area contributed by atoms with Gasteiger partial charge in [-0.05, 0) is 62.6 Å². The smallest absolute Gasteiger partial charge is 0.224 e. The number of rotatable bonds is 7. The highest BCUT2D eigenvalue weighted by Crippen LogP contribution is 2.38. The van der Waals surface area contributed by atoms with Crippen LogP contribution in [0.25, 0.3) is 11.0 Å². The minimum absolute atomic E-state index is 0.00351. The van der Waals surface area contributed by atoms with Crippen LogP contribution in [0.4, 0.5) is 0 Å². The van der Waals surface area contributed by atoms with Crippen LogP contribution in [-0.2, 0) is 17.8 Å². The van der Waals surface area contributed by atoms with E-state index in [-0.39, 0.29) is 18.0 Å². The lowest BCUT2D eigenvalue weighted by atomic mass is 9.96. The number of likely N-dealkylation sites (tertiary alicyclic amines) is 1. The van der Waals surface area contributed by atoms with Crippen molar-refractivity contribution in [2.75, 3.05) is 13.1 Å². The van der Waals surface area contributed by atoms with E-state index in [2.05, 4.69) is 53.5 Å². The van der Waals surface area contributed by atoms with Crippen LogP contribution in [-0.4, -0.2) is 35.1 Å². The Hall–Kier alpha value is -3.42. The summed E-state index contributed by atoms with van der Waals surface area (Å²) < 4.78 is 11.7. The molecule has 2 aromatic heterocycles. The van der Waals surface area contributed by atoms with Gasteiger partial charge in [-0.15, -0.1) is 0 Å². The number of carbonyl (C=O) groups excluding carboxylic acids is 1. The van der Waals surface area contributed by atoms with Crippen LogP contribution in [0.15, 0.2) is 51.4 Å². The molecule has 7 heteroatoms. The SMILES string of the molecule is Cc1ccc(CNC(=O)Cc2ccc3oc(C(c4c(C)noc4C)N4CC(N)C4)cc3c2)c(C)c1. The zero-order valence-electron chi connectivity index (χ0n) is 20.7. The number of benzene rings is 2. The van der Waals surface area contributed by atoms with Crippen LogP contribution in [0.5, 0.6) is 0 Å². The van der Waals surface area contributed by atoms with E-state index >= 15 is 0 Å². The van der Waals surface area contributed by atoms with Gasteiger partial charge in [0.05, 0.1) is 18.2 Å². The molecular formula is C28H32N4O3. The first-order valence-corrected chi connectivity index (χ1v) is 12.1. The fourth-order valence-electron chi connectivity index (χ4n) is 4.99. The Labute approximate surface area is 205 Å². The van der Waals surface area contributed by atoms with E-state index in [1.807, 2.05) is 32.0 Å². The topological polar surface area (TPSA) is 97.5 Å². The molecule has 35 heavy (non-hydrogen) atoms. The number of nitrogens with zero attached hydrogens (tertiary/aromatic N) is 2. The normalized spacial score (nSPS) is 15.3. The van der Waals surface area contributed by atoms with E-state index in [0.717, 1.165) is 58.0 Å². The molecule has 5 rings (SSSR count). The number of nitrogens with one attached hydrogen (secondary N) is 1. The molecule has 1 aliphatic rings. The Morgan fingerprint density at radius 1 is 1.14 bits per heavy atom. The minimum Gasteiger partial charge on any atom is -0.459 e. The average Bonchev–Trinajstić information content (AvgIpc) is 3.35. The van der Waals surface area contributed by atoms with Crippen LogP contribution < -0.4 is 11.1 Å². The van der Waals surface area contributed by atoms with Crippen molar-refractivity contribution < 1.29 is 13.7 Å². The highest BCUT2D eigenvalue weighted by molar-refractivity contribution is 5.83. The molecule has 1 unspecified atom stereocenters. The Morgan fingerprint density at radius 3 is 2.63 bits per heavy atom. The van der Waals surface area contributed by atoms with Crippen molar-refractivity contribution in [2.45, 2.75) is 52.7 Å². The summed E-state index contributed by atoms with van der Waals surface area (Å²) in [6, 6.07) is 14.3. The molecule has 3 heterocycles. The van der Waals surface area contributed by atoms with Gasteiger partial charge in [0.1, 0.15) is 17.1 Å². The van der Waals surface area contributed by atoms with Crippen molar-refractivity contribution in [1.82, 2.24) is 15.4 Å². The second-order valence-electron chi connectivity index (χ2n) is 9.76. The van der Waals surface area contributed by atoms with E-state index in [1.54, 1.807) is 0 Å². The third kappa shape index (κ3) is 4.74. The zero-order valence-corrected chi connectivity index (χ0v) is 20.7. The lowest BCUT2D eigenvalue weighted by Crippen LogP contribution is -2.56. The number of amides is 1. The fraction of sp³-hybridized carbons (Fsp3) is 0.357. The van der Waals surface area contributed by atoms with E-state index in [0.29, 0.717) is 13.0 Å². The van der Waals surface area contributed by atoms with E-state index in [9.17, 15) is 4.79 Å². The summed E-state index contributed by atoms with van der Waals surface area (Å²) in [6.45, 7) is 10.1. The first-order valence-electron chi connectivity index (χ1n) is 12.1. The number of hydrogen-bond donors (Lipinski definition) is 2. The maximum atomic E-state index is 12.6. The van der Waals surface area contributed by atoms with Crippen LogP contribution in [0.3, 0.4) is 0 Å².